The number of hydrogen-bond donors (Lipinski definition) is 1. The van der Waals surface area contributed by atoms with Crippen molar-refractivity contribution < 1.29 is 4.79 Å². The first-order chi connectivity index (χ1) is 5.74. The largest absolute Gasteiger partial charge is 0.330 e. The lowest BCUT2D eigenvalue weighted by Gasteiger charge is -2.08. The Labute approximate surface area is 74.5 Å². The first-order valence-corrected chi connectivity index (χ1v) is 4.96. The van der Waals surface area contributed by atoms with E-state index in [2.05, 4.69) is 0 Å². The summed E-state index contributed by atoms with van der Waals surface area (Å²) in [5.41, 5.74) is 5.38. The maximum Gasteiger partial charge on any atom is 0.135 e. The summed E-state index contributed by atoms with van der Waals surface area (Å²) in [4.78, 5) is 11.5. The second-order valence-electron chi connectivity index (χ2n) is 3.95. The number of rotatable bonds is 6. The van der Waals surface area contributed by atoms with Crippen LogP contribution in [0, 0.1) is 11.8 Å². The van der Waals surface area contributed by atoms with Crippen LogP contribution < -0.4 is 5.73 Å². The highest BCUT2D eigenvalue weighted by Gasteiger charge is 2.26. The summed E-state index contributed by atoms with van der Waals surface area (Å²) >= 11 is 0. The smallest absolute Gasteiger partial charge is 0.135 e. The van der Waals surface area contributed by atoms with Gasteiger partial charge in [-0.05, 0) is 38.1 Å². The van der Waals surface area contributed by atoms with Gasteiger partial charge in [-0.3, -0.25) is 4.79 Å². The molecule has 2 heteroatoms. The summed E-state index contributed by atoms with van der Waals surface area (Å²) in [6, 6.07) is 0. The van der Waals surface area contributed by atoms with Crippen molar-refractivity contribution in [3.05, 3.63) is 0 Å². The molecule has 0 radical (unpaired) electrons. The fraction of sp³-hybridized carbons (Fsp3) is 0.900. The molecule has 1 saturated carbocycles. The van der Waals surface area contributed by atoms with E-state index in [1.54, 1.807) is 0 Å². The Hall–Kier alpha value is -0.370. The van der Waals surface area contributed by atoms with Crippen LogP contribution in [0.1, 0.15) is 39.0 Å². The summed E-state index contributed by atoms with van der Waals surface area (Å²) in [7, 11) is 0. The quantitative estimate of drug-likeness (QED) is 0.658. The van der Waals surface area contributed by atoms with Gasteiger partial charge >= 0.3 is 0 Å². The lowest BCUT2D eigenvalue weighted by Crippen LogP contribution is -2.13. The van der Waals surface area contributed by atoms with Gasteiger partial charge in [0.15, 0.2) is 0 Å². The number of carbonyl (C=O) groups is 1. The summed E-state index contributed by atoms with van der Waals surface area (Å²) < 4.78 is 0. The van der Waals surface area contributed by atoms with Crippen LogP contribution in [0.15, 0.2) is 0 Å². The number of hydrogen-bond acceptors (Lipinski definition) is 2. The van der Waals surface area contributed by atoms with Crippen molar-refractivity contribution in [1.29, 1.82) is 0 Å². The minimum absolute atomic E-state index is 0.245. The van der Waals surface area contributed by atoms with E-state index in [-0.39, 0.29) is 5.92 Å². The highest BCUT2D eigenvalue weighted by Crippen LogP contribution is 2.33. The summed E-state index contributed by atoms with van der Waals surface area (Å²) in [5.74, 6) is 1.43. The molecule has 2 N–H and O–H groups in total. The zero-order valence-electron chi connectivity index (χ0n) is 7.88. The Morgan fingerprint density at radius 2 is 2.25 bits per heavy atom. The topological polar surface area (TPSA) is 43.1 Å². The molecular formula is C10H19NO. The third-order valence-electron chi connectivity index (χ3n) is 2.58. The monoisotopic (exact) mass is 169 g/mol. The van der Waals surface area contributed by atoms with Gasteiger partial charge in [0, 0.05) is 12.3 Å². The predicted molar refractivity (Wildman–Crippen MR) is 49.8 cm³/mol. The van der Waals surface area contributed by atoms with Gasteiger partial charge in [0.05, 0.1) is 0 Å². The van der Waals surface area contributed by atoms with E-state index in [0.717, 1.165) is 25.2 Å². The minimum atomic E-state index is 0.245. The number of nitrogens with two attached hydrogens (primary N) is 1. The van der Waals surface area contributed by atoms with E-state index in [4.69, 9.17) is 5.73 Å². The molecule has 1 aliphatic rings. The lowest BCUT2D eigenvalue weighted by atomic mass is 9.97. The second kappa shape index (κ2) is 4.61. The third kappa shape index (κ3) is 3.35. The minimum Gasteiger partial charge on any atom is -0.330 e. The van der Waals surface area contributed by atoms with E-state index in [9.17, 15) is 4.79 Å². The van der Waals surface area contributed by atoms with Gasteiger partial charge in [-0.1, -0.05) is 6.92 Å². The Morgan fingerprint density at radius 1 is 1.58 bits per heavy atom. The van der Waals surface area contributed by atoms with Gasteiger partial charge in [0.2, 0.25) is 0 Å². The van der Waals surface area contributed by atoms with E-state index in [1.807, 2.05) is 6.92 Å². The Balaban J connectivity index is 2.11. The molecule has 1 fully saturated rings. The zero-order chi connectivity index (χ0) is 8.97. The molecule has 70 valence electrons. The molecule has 1 aliphatic carbocycles. The third-order valence-corrected chi connectivity index (χ3v) is 2.58. The molecule has 0 amide bonds. The fourth-order valence-corrected chi connectivity index (χ4v) is 1.39. The van der Waals surface area contributed by atoms with Crippen molar-refractivity contribution in [1.82, 2.24) is 0 Å². The van der Waals surface area contributed by atoms with E-state index in [1.165, 1.54) is 12.8 Å². The molecule has 0 spiro atoms. The summed E-state index contributed by atoms with van der Waals surface area (Å²) in [5, 5.41) is 0. The van der Waals surface area contributed by atoms with Crippen molar-refractivity contribution in [2.45, 2.75) is 39.0 Å². The molecule has 0 aliphatic heterocycles. The van der Waals surface area contributed by atoms with Gasteiger partial charge in [-0.25, -0.2) is 0 Å². The van der Waals surface area contributed by atoms with Crippen LogP contribution in [0.25, 0.3) is 0 Å². The molecule has 0 heterocycles. The first kappa shape index (κ1) is 9.72. The summed E-state index contributed by atoms with van der Waals surface area (Å²) in [6.45, 7) is 2.74. The Morgan fingerprint density at radius 3 is 2.75 bits per heavy atom. The number of Topliss-reactive ketones (excluding diaryl/α,β-unsaturated/α-hetero) is 1. The van der Waals surface area contributed by atoms with Gasteiger partial charge < -0.3 is 5.73 Å². The fourth-order valence-electron chi connectivity index (χ4n) is 1.39. The molecule has 0 aromatic carbocycles. The van der Waals surface area contributed by atoms with Crippen LogP contribution in [0.5, 0.6) is 0 Å². The van der Waals surface area contributed by atoms with Gasteiger partial charge in [-0.2, -0.15) is 0 Å². The van der Waals surface area contributed by atoms with Crippen LogP contribution in [0.2, 0.25) is 0 Å². The molecule has 12 heavy (non-hydrogen) atoms. The SMILES string of the molecule is CC(CCCN)C(=O)CC1CC1. The average Bonchev–Trinajstić information content (AvgIpc) is 2.83. The Kier molecular flexibility index (Phi) is 3.73. The van der Waals surface area contributed by atoms with Crippen molar-refractivity contribution in [2.24, 2.45) is 17.6 Å². The van der Waals surface area contributed by atoms with Crippen LogP contribution in [-0.2, 0) is 4.79 Å². The highest BCUT2D eigenvalue weighted by atomic mass is 16.1. The molecule has 0 bridgehead atoms. The van der Waals surface area contributed by atoms with E-state index < -0.39 is 0 Å². The predicted octanol–water partition coefficient (Wildman–Crippen LogP) is 1.73. The van der Waals surface area contributed by atoms with Crippen LogP contribution in [-0.4, -0.2) is 12.3 Å². The number of carbonyl (C=O) groups excluding carboxylic acids is 1. The molecule has 1 rings (SSSR count). The lowest BCUT2D eigenvalue weighted by molar-refractivity contribution is -0.122. The normalized spacial score (nSPS) is 19.2. The molecule has 1 atom stereocenters. The van der Waals surface area contributed by atoms with E-state index in [0.29, 0.717) is 12.3 Å². The molecule has 0 saturated heterocycles. The highest BCUT2D eigenvalue weighted by molar-refractivity contribution is 5.81. The van der Waals surface area contributed by atoms with Crippen molar-refractivity contribution in [3.63, 3.8) is 0 Å². The summed E-state index contributed by atoms with van der Waals surface area (Å²) in [6.07, 6.45) is 5.33. The van der Waals surface area contributed by atoms with Gasteiger partial charge in [0.25, 0.3) is 0 Å². The maximum atomic E-state index is 11.5. The molecule has 2 nitrogen and oxygen atoms in total. The molecular weight excluding hydrogens is 150 g/mol. The first-order valence-electron chi connectivity index (χ1n) is 4.96. The van der Waals surface area contributed by atoms with Crippen molar-refractivity contribution in [2.75, 3.05) is 6.54 Å². The van der Waals surface area contributed by atoms with Crippen LogP contribution in [0.4, 0.5) is 0 Å². The second-order valence-corrected chi connectivity index (χ2v) is 3.95. The molecule has 0 aromatic rings. The molecule has 1 unspecified atom stereocenters. The van der Waals surface area contributed by atoms with Crippen LogP contribution in [0.3, 0.4) is 0 Å². The standard InChI is InChI=1S/C10H19NO/c1-8(3-2-6-11)10(12)7-9-4-5-9/h8-9H,2-7,11H2,1H3. The van der Waals surface area contributed by atoms with Gasteiger partial charge in [-0.15, -0.1) is 0 Å². The zero-order valence-corrected chi connectivity index (χ0v) is 7.88. The van der Waals surface area contributed by atoms with Crippen molar-refractivity contribution in [3.8, 4) is 0 Å². The van der Waals surface area contributed by atoms with E-state index >= 15 is 0 Å². The van der Waals surface area contributed by atoms with Gasteiger partial charge in [0.1, 0.15) is 5.78 Å². The molecule has 0 aromatic heterocycles. The maximum absolute atomic E-state index is 11.5. The van der Waals surface area contributed by atoms with Crippen molar-refractivity contribution >= 4 is 5.78 Å². The number of ketones is 1. The Bertz CT molecular complexity index is 152. The average molecular weight is 169 g/mol. The van der Waals surface area contributed by atoms with Crippen LogP contribution >= 0.6 is 0 Å².